The van der Waals surface area contributed by atoms with Gasteiger partial charge in [0, 0.05) is 16.7 Å². The average molecular weight is 313 g/mol. The molecule has 0 atom stereocenters. The molecule has 0 bridgehead atoms. The molecule has 0 amide bonds. The van der Waals surface area contributed by atoms with Crippen molar-refractivity contribution in [1.82, 2.24) is 9.97 Å². The summed E-state index contributed by atoms with van der Waals surface area (Å²) in [6.07, 6.45) is 1.64. The molecule has 0 fully saturated rings. The van der Waals surface area contributed by atoms with E-state index < -0.39 is 0 Å². The molecule has 1 aromatic heterocycles. The monoisotopic (exact) mass is 314 g/mol. The second-order valence-electron chi connectivity index (χ2n) is 4.90. The molecule has 17 heavy (non-hydrogen) atoms. The van der Waals surface area contributed by atoms with Gasteiger partial charge in [-0.15, -0.1) is 0 Å². The van der Waals surface area contributed by atoms with Crippen LogP contribution in [-0.4, -0.2) is 9.97 Å². The van der Waals surface area contributed by atoms with Crippen molar-refractivity contribution in [1.29, 1.82) is 0 Å². The van der Waals surface area contributed by atoms with Crippen LogP contribution in [0.5, 0.6) is 0 Å². The van der Waals surface area contributed by atoms with Gasteiger partial charge in [0.05, 0.1) is 5.69 Å². The number of benzene rings is 1. The molecule has 0 saturated carbocycles. The zero-order valence-corrected chi connectivity index (χ0v) is 12.0. The predicted molar refractivity (Wildman–Crippen MR) is 66.2 cm³/mol. The van der Waals surface area contributed by atoms with Crippen LogP contribution in [0.2, 0.25) is 0 Å². The van der Waals surface area contributed by atoms with Crippen molar-refractivity contribution < 1.29 is 19.5 Å². The fraction of sp³-hybridized carbons (Fsp3) is 0.286. The predicted octanol–water partition coefficient (Wildman–Crippen LogP) is 3.44. The molecule has 0 aliphatic rings. The first kappa shape index (κ1) is 14.0. The molecule has 1 heterocycles. The van der Waals surface area contributed by atoms with E-state index in [9.17, 15) is 0 Å². The molecular formula is C14H16N2Ru+3. The fourth-order valence-electron chi connectivity index (χ4n) is 1.53. The normalized spacial score (nSPS) is 10.8. The standard InChI is InChI=1S/C14H16N2.Ru/c1-14(2,3)13-9-12(15-10-16-13)11-7-5-4-6-8-11;/h4-10H,1-3H3;/q;+3. The zero-order chi connectivity index (χ0) is 11.6. The first-order valence-corrected chi connectivity index (χ1v) is 5.45. The Kier molecular flexibility index (Phi) is 4.53. The topological polar surface area (TPSA) is 25.8 Å². The molecule has 0 saturated heterocycles. The maximum absolute atomic E-state index is 4.33. The first-order valence-electron chi connectivity index (χ1n) is 5.45. The number of nitrogens with zero attached hydrogens (tertiary/aromatic N) is 2. The molecule has 0 aliphatic heterocycles. The Bertz CT molecular complexity index is 475. The summed E-state index contributed by atoms with van der Waals surface area (Å²) in [6, 6.07) is 12.2. The summed E-state index contributed by atoms with van der Waals surface area (Å²) in [7, 11) is 0. The van der Waals surface area contributed by atoms with E-state index in [4.69, 9.17) is 0 Å². The van der Waals surface area contributed by atoms with Crippen LogP contribution in [0.3, 0.4) is 0 Å². The molecule has 3 heteroatoms. The van der Waals surface area contributed by atoms with Crippen molar-refractivity contribution in [3.63, 3.8) is 0 Å². The fourth-order valence-corrected chi connectivity index (χ4v) is 1.53. The molecular weight excluding hydrogens is 297 g/mol. The van der Waals surface area contributed by atoms with Crippen molar-refractivity contribution in [2.24, 2.45) is 0 Å². The Morgan fingerprint density at radius 1 is 0.941 bits per heavy atom. The summed E-state index contributed by atoms with van der Waals surface area (Å²) in [4.78, 5) is 8.64. The Hall–Kier alpha value is -1.08. The summed E-state index contributed by atoms with van der Waals surface area (Å²) in [5.74, 6) is 0. The third kappa shape index (κ3) is 3.44. The van der Waals surface area contributed by atoms with E-state index in [2.05, 4.69) is 48.9 Å². The molecule has 1 radical (unpaired) electrons. The largest absolute Gasteiger partial charge is 3.00 e. The van der Waals surface area contributed by atoms with Gasteiger partial charge in [-0.3, -0.25) is 0 Å². The maximum Gasteiger partial charge on any atom is 3.00 e. The summed E-state index contributed by atoms with van der Waals surface area (Å²) >= 11 is 0. The Morgan fingerprint density at radius 2 is 1.59 bits per heavy atom. The van der Waals surface area contributed by atoms with Crippen molar-refractivity contribution in [2.45, 2.75) is 26.2 Å². The van der Waals surface area contributed by atoms with Gasteiger partial charge in [0.2, 0.25) is 0 Å². The molecule has 0 unspecified atom stereocenters. The van der Waals surface area contributed by atoms with E-state index in [1.807, 2.05) is 18.2 Å². The zero-order valence-electron chi connectivity index (χ0n) is 10.3. The summed E-state index contributed by atoms with van der Waals surface area (Å²) in [5, 5.41) is 0. The van der Waals surface area contributed by atoms with Gasteiger partial charge in [0.25, 0.3) is 0 Å². The van der Waals surface area contributed by atoms with Gasteiger partial charge in [-0.1, -0.05) is 51.1 Å². The molecule has 0 aliphatic carbocycles. The third-order valence-electron chi connectivity index (χ3n) is 2.51. The van der Waals surface area contributed by atoms with Crippen LogP contribution in [0.4, 0.5) is 0 Å². The number of hydrogen-bond donors (Lipinski definition) is 0. The Balaban J connectivity index is 0.00000144. The van der Waals surface area contributed by atoms with Crippen molar-refractivity contribution in [2.75, 3.05) is 0 Å². The quantitative estimate of drug-likeness (QED) is 0.754. The smallest absolute Gasteiger partial charge is 0.241 e. The van der Waals surface area contributed by atoms with Crippen molar-refractivity contribution >= 4 is 0 Å². The van der Waals surface area contributed by atoms with E-state index in [0.717, 1.165) is 17.0 Å². The van der Waals surface area contributed by atoms with E-state index in [0.29, 0.717) is 0 Å². The van der Waals surface area contributed by atoms with Crippen LogP contribution in [-0.2, 0) is 24.9 Å². The van der Waals surface area contributed by atoms with E-state index >= 15 is 0 Å². The van der Waals surface area contributed by atoms with Crippen LogP contribution in [0.1, 0.15) is 26.5 Å². The van der Waals surface area contributed by atoms with E-state index in [-0.39, 0.29) is 24.9 Å². The maximum atomic E-state index is 4.33. The van der Waals surface area contributed by atoms with Gasteiger partial charge in [0.1, 0.15) is 6.33 Å². The minimum absolute atomic E-state index is 0. The molecule has 2 aromatic rings. The Labute approximate surface area is 115 Å². The van der Waals surface area contributed by atoms with Crippen LogP contribution < -0.4 is 0 Å². The van der Waals surface area contributed by atoms with E-state index in [1.165, 1.54) is 0 Å². The van der Waals surface area contributed by atoms with Crippen LogP contribution in [0.15, 0.2) is 42.7 Å². The molecule has 87 valence electrons. The minimum atomic E-state index is 0. The number of hydrogen-bond acceptors (Lipinski definition) is 2. The SMILES string of the molecule is CC(C)(C)c1cc(-c2ccccc2)ncn1.[Ru+3]. The molecule has 1 aromatic carbocycles. The number of aromatic nitrogens is 2. The van der Waals surface area contributed by atoms with Crippen LogP contribution in [0.25, 0.3) is 11.3 Å². The minimum Gasteiger partial charge on any atom is -0.241 e. The average Bonchev–Trinajstić information content (AvgIpc) is 2.29. The molecule has 2 nitrogen and oxygen atoms in total. The van der Waals surface area contributed by atoms with Gasteiger partial charge in [-0.25, -0.2) is 9.97 Å². The van der Waals surface area contributed by atoms with Crippen molar-refractivity contribution in [3.05, 3.63) is 48.4 Å². The second kappa shape index (κ2) is 5.51. The molecule has 2 rings (SSSR count). The van der Waals surface area contributed by atoms with Gasteiger partial charge >= 0.3 is 19.5 Å². The van der Waals surface area contributed by atoms with Gasteiger partial charge in [-0.05, 0) is 6.07 Å². The first-order chi connectivity index (χ1) is 7.57. The van der Waals surface area contributed by atoms with Crippen LogP contribution in [0, 0.1) is 0 Å². The van der Waals surface area contributed by atoms with Gasteiger partial charge < -0.3 is 0 Å². The molecule has 0 N–H and O–H groups in total. The van der Waals surface area contributed by atoms with Gasteiger partial charge in [-0.2, -0.15) is 0 Å². The second-order valence-corrected chi connectivity index (χ2v) is 4.90. The third-order valence-corrected chi connectivity index (χ3v) is 2.51. The Morgan fingerprint density at radius 3 is 2.18 bits per heavy atom. The van der Waals surface area contributed by atoms with Crippen molar-refractivity contribution in [3.8, 4) is 11.3 Å². The molecule has 0 spiro atoms. The van der Waals surface area contributed by atoms with Crippen LogP contribution >= 0.6 is 0 Å². The van der Waals surface area contributed by atoms with E-state index in [1.54, 1.807) is 6.33 Å². The number of rotatable bonds is 1. The summed E-state index contributed by atoms with van der Waals surface area (Å²) in [5.41, 5.74) is 3.25. The van der Waals surface area contributed by atoms with Gasteiger partial charge in [0.15, 0.2) is 0 Å². The summed E-state index contributed by atoms with van der Waals surface area (Å²) in [6.45, 7) is 6.47. The summed E-state index contributed by atoms with van der Waals surface area (Å²) < 4.78 is 0.